The van der Waals surface area contributed by atoms with E-state index in [2.05, 4.69) is 5.32 Å². The van der Waals surface area contributed by atoms with E-state index in [4.69, 9.17) is 4.74 Å². The number of β-amino-alcohol motifs (C(OH)–C–C–N with tert-alkyl or cyclic N) is 1. The predicted octanol–water partition coefficient (Wildman–Crippen LogP) is 2.02. The van der Waals surface area contributed by atoms with Gasteiger partial charge < -0.3 is 15.2 Å². The molecule has 0 fully saturated rings. The van der Waals surface area contributed by atoms with Gasteiger partial charge in [0.05, 0.1) is 0 Å². The van der Waals surface area contributed by atoms with Crippen LogP contribution in [-0.2, 0) is 0 Å². The van der Waals surface area contributed by atoms with Crippen molar-refractivity contribution in [3.63, 3.8) is 0 Å². The van der Waals surface area contributed by atoms with Gasteiger partial charge in [0.2, 0.25) is 0 Å². The van der Waals surface area contributed by atoms with Gasteiger partial charge in [-0.15, -0.1) is 0 Å². The molecule has 4 nitrogen and oxygen atoms in total. The normalized spacial score (nSPS) is 13.1. The molecule has 0 amide bonds. The van der Waals surface area contributed by atoms with Gasteiger partial charge in [0.25, 0.3) is 0 Å². The minimum Gasteiger partial charge on any atom is -0.491 e. The third-order valence-corrected chi connectivity index (χ3v) is 2.55. The molecule has 1 atom stereocenters. The van der Waals surface area contributed by atoms with Crippen LogP contribution in [0.2, 0.25) is 0 Å². The van der Waals surface area contributed by atoms with Gasteiger partial charge in [0.15, 0.2) is 5.78 Å². The van der Waals surface area contributed by atoms with Gasteiger partial charge in [-0.25, -0.2) is 0 Å². The lowest BCUT2D eigenvalue weighted by molar-refractivity contribution is 0.0991. The highest BCUT2D eigenvalue weighted by molar-refractivity contribution is 5.94. The third-order valence-electron chi connectivity index (χ3n) is 2.55. The first-order chi connectivity index (χ1) is 8.78. The Morgan fingerprint density at radius 3 is 2.68 bits per heavy atom. The number of hydrogen-bond acceptors (Lipinski definition) is 4. The van der Waals surface area contributed by atoms with Crippen LogP contribution in [0.5, 0.6) is 5.75 Å². The Hall–Kier alpha value is -1.39. The average Bonchev–Trinajstić information content (AvgIpc) is 2.33. The van der Waals surface area contributed by atoms with E-state index in [9.17, 15) is 9.90 Å². The molecule has 19 heavy (non-hydrogen) atoms. The van der Waals surface area contributed by atoms with Crippen molar-refractivity contribution in [1.29, 1.82) is 0 Å². The minimum absolute atomic E-state index is 0.000368. The molecule has 0 radical (unpaired) electrons. The van der Waals surface area contributed by atoms with Crippen molar-refractivity contribution < 1.29 is 14.6 Å². The highest BCUT2D eigenvalue weighted by Crippen LogP contribution is 2.14. The van der Waals surface area contributed by atoms with Crippen molar-refractivity contribution in [1.82, 2.24) is 5.32 Å². The van der Waals surface area contributed by atoms with Crippen LogP contribution in [-0.4, -0.2) is 35.7 Å². The lowest BCUT2D eigenvalue weighted by atomic mass is 10.1. The molecule has 0 saturated heterocycles. The summed E-state index contributed by atoms with van der Waals surface area (Å²) in [6, 6.07) is 6.97. The quantitative estimate of drug-likeness (QED) is 0.773. The number of aliphatic hydroxyl groups is 1. The van der Waals surface area contributed by atoms with Crippen LogP contribution < -0.4 is 10.1 Å². The van der Waals surface area contributed by atoms with Crippen LogP contribution in [0.1, 0.15) is 38.1 Å². The van der Waals surface area contributed by atoms with Crippen molar-refractivity contribution in [2.24, 2.45) is 0 Å². The zero-order valence-corrected chi connectivity index (χ0v) is 12.1. The van der Waals surface area contributed by atoms with E-state index >= 15 is 0 Å². The van der Waals surface area contributed by atoms with Crippen molar-refractivity contribution in [2.75, 3.05) is 13.2 Å². The molecule has 1 aromatic rings. The molecular weight excluding hydrogens is 242 g/mol. The third kappa shape index (κ3) is 6.36. The molecule has 0 aliphatic heterocycles. The second-order valence-electron chi connectivity index (χ2n) is 5.68. The van der Waals surface area contributed by atoms with Gasteiger partial charge in [-0.05, 0) is 39.8 Å². The van der Waals surface area contributed by atoms with Gasteiger partial charge >= 0.3 is 0 Å². The molecule has 0 spiro atoms. The topological polar surface area (TPSA) is 58.6 Å². The summed E-state index contributed by atoms with van der Waals surface area (Å²) in [7, 11) is 0. The molecule has 0 aromatic heterocycles. The summed E-state index contributed by atoms with van der Waals surface area (Å²) < 4.78 is 5.48. The van der Waals surface area contributed by atoms with E-state index in [1.54, 1.807) is 24.3 Å². The van der Waals surface area contributed by atoms with Crippen molar-refractivity contribution >= 4 is 5.78 Å². The van der Waals surface area contributed by atoms with E-state index in [1.165, 1.54) is 6.92 Å². The van der Waals surface area contributed by atoms with Gasteiger partial charge in [-0.1, -0.05) is 12.1 Å². The smallest absolute Gasteiger partial charge is 0.159 e. The van der Waals surface area contributed by atoms with Crippen LogP contribution in [0, 0.1) is 0 Å². The van der Waals surface area contributed by atoms with Gasteiger partial charge in [-0.3, -0.25) is 4.79 Å². The molecule has 0 aliphatic carbocycles. The minimum atomic E-state index is -0.583. The Morgan fingerprint density at radius 1 is 1.42 bits per heavy atom. The summed E-state index contributed by atoms with van der Waals surface area (Å²) in [5.41, 5.74) is 0.579. The largest absolute Gasteiger partial charge is 0.491 e. The van der Waals surface area contributed by atoms with E-state index in [0.717, 1.165) is 0 Å². The maximum atomic E-state index is 11.2. The number of nitrogens with one attached hydrogen (secondary N) is 1. The molecule has 0 unspecified atom stereocenters. The molecule has 0 bridgehead atoms. The maximum absolute atomic E-state index is 11.2. The molecule has 1 rings (SSSR count). The first kappa shape index (κ1) is 15.7. The van der Waals surface area contributed by atoms with Gasteiger partial charge in [-0.2, -0.15) is 0 Å². The molecule has 4 heteroatoms. The SMILES string of the molecule is CC(=O)c1cccc(OC[C@H](O)CNC(C)(C)C)c1. The number of carbonyl (C=O) groups is 1. The second kappa shape index (κ2) is 6.68. The van der Waals surface area contributed by atoms with Crippen molar-refractivity contribution in [2.45, 2.75) is 39.3 Å². The van der Waals surface area contributed by atoms with Gasteiger partial charge in [0, 0.05) is 17.6 Å². The molecular formula is C15H23NO3. The van der Waals surface area contributed by atoms with E-state index in [-0.39, 0.29) is 17.9 Å². The summed E-state index contributed by atoms with van der Waals surface area (Å²) in [5, 5.41) is 13.0. The Kier molecular flexibility index (Phi) is 5.51. The predicted molar refractivity (Wildman–Crippen MR) is 75.7 cm³/mol. The first-order valence-corrected chi connectivity index (χ1v) is 6.45. The molecule has 1 aromatic carbocycles. The molecule has 0 aliphatic rings. The van der Waals surface area contributed by atoms with Crippen molar-refractivity contribution in [3.8, 4) is 5.75 Å². The fourth-order valence-corrected chi connectivity index (χ4v) is 1.48. The Bertz CT molecular complexity index is 424. The van der Waals surface area contributed by atoms with Crippen LogP contribution in [0.15, 0.2) is 24.3 Å². The average molecular weight is 265 g/mol. The number of hydrogen-bond donors (Lipinski definition) is 2. The standard InChI is InChI=1S/C15H23NO3/c1-11(17)12-6-5-7-14(8-12)19-10-13(18)9-16-15(2,3)4/h5-8,13,16,18H,9-10H2,1-4H3/t13-/m1/s1. The summed E-state index contributed by atoms with van der Waals surface area (Å²) in [6.07, 6.45) is -0.583. The van der Waals surface area contributed by atoms with Crippen LogP contribution in [0.25, 0.3) is 0 Å². The summed E-state index contributed by atoms with van der Waals surface area (Å²) in [5.74, 6) is 0.600. The summed E-state index contributed by atoms with van der Waals surface area (Å²) in [4.78, 5) is 11.2. The van der Waals surface area contributed by atoms with Crippen molar-refractivity contribution in [3.05, 3.63) is 29.8 Å². The Labute approximate surface area is 114 Å². The Balaban J connectivity index is 2.44. The highest BCUT2D eigenvalue weighted by Gasteiger charge is 2.12. The maximum Gasteiger partial charge on any atom is 0.159 e. The lowest BCUT2D eigenvalue weighted by Crippen LogP contribution is -2.42. The fourth-order valence-electron chi connectivity index (χ4n) is 1.48. The van der Waals surface area contributed by atoms with Crippen LogP contribution in [0.4, 0.5) is 0 Å². The number of carbonyl (C=O) groups excluding carboxylic acids is 1. The van der Waals surface area contributed by atoms with E-state index in [0.29, 0.717) is 17.9 Å². The molecule has 0 saturated carbocycles. The zero-order valence-electron chi connectivity index (χ0n) is 12.1. The highest BCUT2D eigenvalue weighted by atomic mass is 16.5. The summed E-state index contributed by atoms with van der Waals surface area (Å²) >= 11 is 0. The van der Waals surface area contributed by atoms with Crippen LogP contribution in [0.3, 0.4) is 0 Å². The zero-order chi connectivity index (χ0) is 14.5. The molecule has 2 N–H and O–H groups in total. The molecule has 106 valence electrons. The number of ketones is 1. The fraction of sp³-hybridized carbons (Fsp3) is 0.533. The second-order valence-corrected chi connectivity index (χ2v) is 5.68. The monoisotopic (exact) mass is 265 g/mol. The summed E-state index contributed by atoms with van der Waals surface area (Å²) in [6.45, 7) is 8.30. The van der Waals surface area contributed by atoms with E-state index in [1.807, 2.05) is 20.8 Å². The number of ether oxygens (including phenoxy) is 1. The lowest BCUT2D eigenvalue weighted by Gasteiger charge is -2.23. The van der Waals surface area contributed by atoms with E-state index < -0.39 is 6.10 Å². The van der Waals surface area contributed by atoms with Crippen LogP contribution >= 0.6 is 0 Å². The Morgan fingerprint density at radius 2 is 2.11 bits per heavy atom. The number of rotatable bonds is 6. The number of Topliss-reactive ketones (excluding diaryl/α,β-unsaturated/α-hetero) is 1. The van der Waals surface area contributed by atoms with Gasteiger partial charge in [0.1, 0.15) is 18.5 Å². The molecule has 0 heterocycles. The first-order valence-electron chi connectivity index (χ1n) is 6.45. The number of aliphatic hydroxyl groups excluding tert-OH is 1. The number of benzene rings is 1.